The summed E-state index contributed by atoms with van der Waals surface area (Å²) in [6.07, 6.45) is 0. The second-order valence-electron chi connectivity index (χ2n) is 6.07. The molecule has 0 bridgehead atoms. The first-order valence-electron chi connectivity index (χ1n) is 7.97. The maximum absolute atomic E-state index is 11.3. The van der Waals surface area contributed by atoms with Crippen molar-refractivity contribution in [1.82, 2.24) is 0 Å². The molecule has 8 heteroatoms. The summed E-state index contributed by atoms with van der Waals surface area (Å²) in [6.45, 7) is 3.43. The van der Waals surface area contributed by atoms with Crippen molar-refractivity contribution >= 4 is 23.0 Å². The molecule has 2 aromatic rings. The summed E-state index contributed by atoms with van der Waals surface area (Å²) < 4.78 is 5.86. The van der Waals surface area contributed by atoms with Gasteiger partial charge in [-0.25, -0.2) is 0 Å². The predicted molar refractivity (Wildman–Crippen MR) is 99.1 cm³/mol. The van der Waals surface area contributed by atoms with Gasteiger partial charge in [-0.2, -0.15) is 10.5 Å². The molecule has 0 amide bonds. The third kappa shape index (κ3) is 3.21. The van der Waals surface area contributed by atoms with E-state index in [1.165, 1.54) is 18.2 Å². The van der Waals surface area contributed by atoms with Gasteiger partial charge in [0.15, 0.2) is 0 Å². The number of rotatable bonds is 3. The van der Waals surface area contributed by atoms with Crippen LogP contribution in [0.4, 0.5) is 5.69 Å². The number of nitro groups is 1. The minimum atomic E-state index is -0.650. The third-order valence-electron chi connectivity index (χ3n) is 4.44. The van der Waals surface area contributed by atoms with Gasteiger partial charge in [-0.15, -0.1) is 0 Å². The SMILES string of the molecule is CC1=NC(C)=C(C#N)[C@@H](c2ccc(-c3ccc(Cl)cc3[N+](=O)[O-])o2)C1C#N. The average molecular weight is 381 g/mol. The van der Waals surface area contributed by atoms with E-state index in [2.05, 4.69) is 17.1 Å². The Morgan fingerprint density at radius 3 is 2.63 bits per heavy atom. The molecule has 1 unspecified atom stereocenters. The van der Waals surface area contributed by atoms with E-state index in [1.54, 1.807) is 26.0 Å². The van der Waals surface area contributed by atoms with Crippen molar-refractivity contribution in [2.45, 2.75) is 19.8 Å². The Morgan fingerprint density at radius 2 is 2.00 bits per heavy atom. The van der Waals surface area contributed by atoms with E-state index in [-0.39, 0.29) is 22.0 Å². The van der Waals surface area contributed by atoms with Crippen molar-refractivity contribution in [2.75, 3.05) is 0 Å². The summed E-state index contributed by atoms with van der Waals surface area (Å²) in [5, 5.41) is 30.7. The maximum Gasteiger partial charge on any atom is 0.281 e. The van der Waals surface area contributed by atoms with Crippen LogP contribution in [0.1, 0.15) is 25.5 Å². The molecule has 1 aliphatic rings. The molecule has 0 saturated carbocycles. The number of nitriles is 2. The van der Waals surface area contributed by atoms with E-state index in [0.29, 0.717) is 22.7 Å². The van der Waals surface area contributed by atoms with E-state index >= 15 is 0 Å². The number of aliphatic imine (C=N–C) groups is 1. The molecule has 7 nitrogen and oxygen atoms in total. The lowest BCUT2D eigenvalue weighted by Gasteiger charge is -2.24. The van der Waals surface area contributed by atoms with Gasteiger partial charge in [-0.1, -0.05) is 11.6 Å². The Balaban J connectivity index is 2.12. The van der Waals surface area contributed by atoms with Crippen LogP contribution in [0.25, 0.3) is 11.3 Å². The minimum Gasteiger partial charge on any atom is -0.460 e. The predicted octanol–water partition coefficient (Wildman–Crippen LogP) is 5.00. The fraction of sp³-hybridized carbons (Fsp3) is 0.211. The molecule has 0 saturated heterocycles. The van der Waals surface area contributed by atoms with Crippen molar-refractivity contribution in [3.8, 4) is 23.5 Å². The number of nitrogens with zero attached hydrogens (tertiary/aromatic N) is 4. The van der Waals surface area contributed by atoms with Crippen molar-refractivity contribution < 1.29 is 9.34 Å². The Bertz CT molecular complexity index is 1090. The highest BCUT2D eigenvalue weighted by Crippen LogP contribution is 2.41. The molecule has 0 N–H and O–H groups in total. The van der Waals surface area contributed by atoms with Crippen LogP contribution < -0.4 is 0 Å². The van der Waals surface area contributed by atoms with Crippen LogP contribution in [0.2, 0.25) is 5.02 Å². The lowest BCUT2D eigenvalue weighted by molar-refractivity contribution is -0.384. The monoisotopic (exact) mass is 380 g/mol. The minimum absolute atomic E-state index is 0.186. The van der Waals surface area contributed by atoms with Crippen LogP contribution in [-0.2, 0) is 0 Å². The van der Waals surface area contributed by atoms with Gasteiger partial charge in [-0.05, 0) is 38.1 Å². The Labute approximate surface area is 160 Å². The number of allylic oxidation sites excluding steroid dienone is 2. The first-order valence-corrected chi connectivity index (χ1v) is 8.35. The van der Waals surface area contributed by atoms with Gasteiger partial charge in [0, 0.05) is 16.8 Å². The number of hydrogen-bond donors (Lipinski definition) is 0. The molecule has 0 aliphatic carbocycles. The lowest BCUT2D eigenvalue weighted by atomic mass is 9.80. The van der Waals surface area contributed by atoms with Crippen LogP contribution in [0.3, 0.4) is 0 Å². The molecule has 27 heavy (non-hydrogen) atoms. The van der Waals surface area contributed by atoms with Crippen molar-refractivity contribution in [2.24, 2.45) is 10.9 Å². The summed E-state index contributed by atoms with van der Waals surface area (Å²) in [7, 11) is 0. The molecule has 2 heterocycles. The molecule has 1 aliphatic heterocycles. The first-order chi connectivity index (χ1) is 12.9. The molecule has 0 radical (unpaired) electrons. The van der Waals surface area contributed by atoms with Gasteiger partial charge >= 0.3 is 0 Å². The normalized spacial score (nSPS) is 19.2. The fourth-order valence-corrected chi connectivity index (χ4v) is 3.35. The molecule has 1 aromatic heterocycles. The topological polar surface area (TPSA) is 116 Å². The quantitative estimate of drug-likeness (QED) is 0.548. The second kappa shape index (κ2) is 7.06. The van der Waals surface area contributed by atoms with Gasteiger partial charge in [0.05, 0.1) is 45.7 Å². The fourth-order valence-electron chi connectivity index (χ4n) is 3.18. The zero-order valence-corrected chi connectivity index (χ0v) is 15.2. The number of nitro benzene ring substituents is 1. The summed E-state index contributed by atoms with van der Waals surface area (Å²) in [4.78, 5) is 15.1. The summed E-state index contributed by atoms with van der Waals surface area (Å²) in [6, 6.07) is 11.8. The molecule has 134 valence electrons. The Kier molecular flexibility index (Phi) is 4.81. The molecular formula is C19H13ClN4O3. The second-order valence-corrected chi connectivity index (χ2v) is 6.51. The third-order valence-corrected chi connectivity index (χ3v) is 4.68. The van der Waals surface area contributed by atoms with Crippen molar-refractivity contribution in [1.29, 1.82) is 10.5 Å². The smallest absolute Gasteiger partial charge is 0.281 e. The van der Waals surface area contributed by atoms with Gasteiger partial charge in [-0.3, -0.25) is 15.1 Å². The zero-order valence-electron chi connectivity index (χ0n) is 14.4. The highest BCUT2D eigenvalue weighted by Gasteiger charge is 2.36. The average Bonchev–Trinajstić information content (AvgIpc) is 3.10. The van der Waals surface area contributed by atoms with E-state index in [4.69, 9.17) is 16.0 Å². The van der Waals surface area contributed by atoms with E-state index in [0.717, 1.165) is 0 Å². The zero-order chi connectivity index (χ0) is 19.7. The van der Waals surface area contributed by atoms with Gasteiger partial charge in [0.25, 0.3) is 5.69 Å². The first kappa shape index (κ1) is 18.4. The number of halogens is 1. The highest BCUT2D eigenvalue weighted by molar-refractivity contribution is 6.30. The van der Waals surface area contributed by atoms with Crippen LogP contribution in [0, 0.1) is 38.7 Å². The maximum atomic E-state index is 11.3. The van der Waals surface area contributed by atoms with E-state index in [1.807, 2.05) is 0 Å². The van der Waals surface area contributed by atoms with E-state index < -0.39 is 16.8 Å². The number of benzene rings is 1. The van der Waals surface area contributed by atoms with Crippen LogP contribution in [-0.4, -0.2) is 10.6 Å². The standard InChI is InChI=1S/C19H13ClN4O3/c1-10-14(8-21)19(15(9-22)11(2)23-10)18-6-5-17(27-18)13-4-3-12(20)7-16(13)24(25)26/h3-7,14,19H,1-2H3/t14?,19-/m0/s1. The molecule has 0 fully saturated rings. The number of hydrogen-bond acceptors (Lipinski definition) is 6. The van der Waals surface area contributed by atoms with Crippen molar-refractivity contribution in [3.05, 3.63) is 62.5 Å². The molecule has 1 aromatic carbocycles. The Morgan fingerprint density at radius 1 is 1.26 bits per heavy atom. The largest absolute Gasteiger partial charge is 0.460 e. The molecule has 0 spiro atoms. The van der Waals surface area contributed by atoms with E-state index in [9.17, 15) is 20.6 Å². The van der Waals surface area contributed by atoms with Crippen LogP contribution >= 0.6 is 11.6 Å². The van der Waals surface area contributed by atoms with Crippen LogP contribution in [0.5, 0.6) is 0 Å². The van der Waals surface area contributed by atoms with Gasteiger partial charge < -0.3 is 4.42 Å². The lowest BCUT2D eigenvalue weighted by Crippen LogP contribution is -2.24. The van der Waals surface area contributed by atoms with Gasteiger partial charge in [0.2, 0.25) is 0 Å². The molecule has 3 rings (SSSR count). The van der Waals surface area contributed by atoms with Crippen molar-refractivity contribution in [3.63, 3.8) is 0 Å². The summed E-state index contributed by atoms with van der Waals surface area (Å²) >= 11 is 5.86. The molecule has 2 atom stereocenters. The highest BCUT2D eigenvalue weighted by atomic mass is 35.5. The van der Waals surface area contributed by atoms with Crippen LogP contribution in [0.15, 0.2) is 51.0 Å². The summed E-state index contributed by atoms with van der Waals surface area (Å²) in [5.74, 6) is -0.619. The Hall–Kier alpha value is -3.42. The van der Waals surface area contributed by atoms with Gasteiger partial charge in [0.1, 0.15) is 11.5 Å². The number of furan rings is 1. The summed E-state index contributed by atoms with van der Waals surface area (Å²) in [5.41, 5.74) is 1.55. The molecular weight excluding hydrogens is 368 g/mol.